The Morgan fingerprint density at radius 3 is 2.38 bits per heavy atom. The summed E-state index contributed by atoms with van der Waals surface area (Å²) >= 11 is 0. The molecule has 0 radical (unpaired) electrons. The number of benzene rings is 3. The lowest BCUT2D eigenvalue weighted by atomic mass is 10.0. The summed E-state index contributed by atoms with van der Waals surface area (Å²) in [6.07, 6.45) is -2.75. The maximum absolute atomic E-state index is 13.9. The number of rotatable bonds is 8. The first-order chi connectivity index (χ1) is 18.6. The van der Waals surface area contributed by atoms with E-state index in [1.165, 1.54) is 12.1 Å². The number of hydrogen-bond donors (Lipinski definition) is 0. The summed E-state index contributed by atoms with van der Waals surface area (Å²) in [5, 5.41) is 0.443. The number of hydrogen-bond acceptors (Lipinski definition) is 3. The van der Waals surface area contributed by atoms with Gasteiger partial charge in [-0.3, -0.25) is 14.2 Å². The van der Waals surface area contributed by atoms with Crippen LogP contribution < -0.4 is 5.56 Å². The van der Waals surface area contributed by atoms with E-state index in [-0.39, 0.29) is 11.1 Å². The van der Waals surface area contributed by atoms with Gasteiger partial charge >= 0.3 is 6.18 Å². The van der Waals surface area contributed by atoms with Crippen LogP contribution in [0, 0.1) is 13.8 Å². The van der Waals surface area contributed by atoms with Gasteiger partial charge in [0.2, 0.25) is 0 Å². The summed E-state index contributed by atoms with van der Waals surface area (Å²) < 4.78 is 41.9. The first kappa shape index (κ1) is 28.1. The van der Waals surface area contributed by atoms with Crippen molar-refractivity contribution in [3.63, 3.8) is 0 Å². The second-order valence-electron chi connectivity index (χ2n) is 9.75. The quantitative estimate of drug-likeness (QED) is 0.236. The molecule has 0 saturated heterocycles. The highest BCUT2D eigenvalue weighted by atomic mass is 19.4. The number of aromatic nitrogens is 2. The first-order valence-electron chi connectivity index (χ1n) is 13.1. The second kappa shape index (κ2) is 11.4. The van der Waals surface area contributed by atoms with Gasteiger partial charge in [0.1, 0.15) is 5.82 Å². The number of amides is 1. The molecule has 1 amide bonds. The Morgan fingerprint density at radius 2 is 1.72 bits per heavy atom. The van der Waals surface area contributed by atoms with Gasteiger partial charge in [-0.25, -0.2) is 4.98 Å². The van der Waals surface area contributed by atoms with Crippen LogP contribution in [0.5, 0.6) is 0 Å². The number of unbranched alkanes of at least 4 members (excludes halogenated alkanes) is 1. The van der Waals surface area contributed by atoms with Crippen LogP contribution in [0.1, 0.15) is 72.0 Å². The van der Waals surface area contributed by atoms with Crippen molar-refractivity contribution in [2.45, 2.75) is 59.2 Å². The zero-order valence-electron chi connectivity index (χ0n) is 22.5. The van der Waals surface area contributed by atoms with Crippen molar-refractivity contribution in [2.75, 3.05) is 6.54 Å². The van der Waals surface area contributed by atoms with Gasteiger partial charge < -0.3 is 4.90 Å². The highest BCUT2D eigenvalue weighted by Gasteiger charge is 2.33. The van der Waals surface area contributed by atoms with E-state index in [1.807, 2.05) is 45.9 Å². The lowest BCUT2D eigenvalue weighted by Gasteiger charge is -2.32. The molecule has 5 nitrogen and oxygen atoms in total. The fourth-order valence-electron chi connectivity index (χ4n) is 4.75. The molecule has 0 aliphatic carbocycles. The number of carbonyl (C=O) groups excluding carboxylic acids is 1. The van der Waals surface area contributed by atoms with E-state index in [1.54, 1.807) is 33.7 Å². The highest BCUT2D eigenvalue weighted by Crippen LogP contribution is 2.32. The van der Waals surface area contributed by atoms with Gasteiger partial charge in [-0.15, -0.1) is 0 Å². The molecule has 8 heteroatoms. The Balaban J connectivity index is 1.94. The Morgan fingerprint density at radius 1 is 0.974 bits per heavy atom. The van der Waals surface area contributed by atoms with E-state index in [2.05, 4.69) is 0 Å². The molecule has 4 rings (SSSR count). The lowest BCUT2D eigenvalue weighted by molar-refractivity contribution is -0.137. The Hall–Kier alpha value is -3.94. The summed E-state index contributed by atoms with van der Waals surface area (Å²) in [6, 6.07) is 16.6. The van der Waals surface area contributed by atoms with Crippen LogP contribution in [0.25, 0.3) is 16.6 Å². The molecule has 1 unspecified atom stereocenters. The standard InChI is InChI=1S/C31H32F3N3O2/c1-5-7-17-36(29(38)22-11-10-12-23(19-22)31(32,33)34)27(6-2)28-35-26-14-9-8-13-25(26)30(39)37(28)24-16-15-20(3)21(4)18-24/h8-16,18-19,27H,5-7,17H2,1-4H3. The Kier molecular flexibility index (Phi) is 8.23. The molecular formula is C31H32F3N3O2. The SMILES string of the molecule is CCCCN(C(=O)c1cccc(C(F)(F)F)c1)C(CC)c1nc2ccccc2c(=O)n1-c1ccc(C)c(C)c1. The van der Waals surface area contributed by atoms with Crippen molar-refractivity contribution in [3.05, 3.63) is 105 Å². The molecule has 1 atom stereocenters. The first-order valence-corrected chi connectivity index (χ1v) is 13.1. The van der Waals surface area contributed by atoms with Crippen LogP contribution in [0.3, 0.4) is 0 Å². The fraction of sp³-hybridized carbons (Fsp3) is 0.323. The van der Waals surface area contributed by atoms with E-state index < -0.39 is 23.7 Å². The van der Waals surface area contributed by atoms with E-state index in [4.69, 9.17) is 4.98 Å². The molecule has 0 spiro atoms. The minimum atomic E-state index is -4.57. The summed E-state index contributed by atoms with van der Waals surface area (Å²) in [6.45, 7) is 8.11. The number of aryl methyl sites for hydroxylation is 2. The number of carbonyl (C=O) groups is 1. The van der Waals surface area contributed by atoms with Gasteiger partial charge in [0.25, 0.3) is 11.5 Å². The largest absolute Gasteiger partial charge is 0.416 e. The molecule has 0 N–H and O–H groups in total. The van der Waals surface area contributed by atoms with Crippen molar-refractivity contribution in [2.24, 2.45) is 0 Å². The maximum Gasteiger partial charge on any atom is 0.416 e. The molecule has 3 aromatic carbocycles. The van der Waals surface area contributed by atoms with Crippen LogP contribution in [0.15, 0.2) is 71.5 Å². The number of para-hydroxylation sites is 1. The number of nitrogens with zero attached hydrogens (tertiary/aromatic N) is 3. The second-order valence-corrected chi connectivity index (χ2v) is 9.75. The van der Waals surface area contributed by atoms with Crippen LogP contribution >= 0.6 is 0 Å². The smallest absolute Gasteiger partial charge is 0.328 e. The zero-order valence-corrected chi connectivity index (χ0v) is 22.5. The van der Waals surface area contributed by atoms with Gasteiger partial charge in [-0.1, -0.05) is 44.5 Å². The molecule has 1 aromatic heterocycles. The fourth-order valence-corrected chi connectivity index (χ4v) is 4.75. The van der Waals surface area contributed by atoms with Crippen molar-refractivity contribution in [1.82, 2.24) is 14.5 Å². The zero-order chi connectivity index (χ0) is 28.3. The van der Waals surface area contributed by atoms with Crippen molar-refractivity contribution >= 4 is 16.8 Å². The third-order valence-electron chi connectivity index (χ3n) is 7.06. The van der Waals surface area contributed by atoms with Gasteiger partial charge in [-0.2, -0.15) is 13.2 Å². The molecular weight excluding hydrogens is 503 g/mol. The van der Waals surface area contributed by atoms with E-state index in [9.17, 15) is 22.8 Å². The van der Waals surface area contributed by atoms with Crippen molar-refractivity contribution < 1.29 is 18.0 Å². The molecule has 1 heterocycles. The molecule has 204 valence electrons. The topological polar surface area (TPSA) is 55.2 Å². The van der Waals surface area contributed by atoms with Crippen molar-refractivity contribution in [1.29, 1.82) is 0 Å². The molecule has 4 aromatic rings. The van der Waals surface area contributed by atoms with Crippen LogP contribution in [0.4, 0.5) is 13.2 Å². The monoisotopic (exact) mass is 535 g/mol. The molecule has 0 bridgehead atoms. The average molecular weight is 536 g/mol. The minimum Gasteiger partial charge on any atom is -0.328 e. The number of alkyl halides is 3. The van der Waals surface area contributed by atoms with Crippen LogP contribution in [-0.2, 0) is 6.18 Å². The van der Waals surface area contributed by atoms with Gasteiger partial charge in [0.05, 0.1) is 28.2 Å². The van der Waals surface area contributed by atoms with E-state index in [0.717, 1.165) is 29.7 Å². The molecule has 0 saturated carbocycles. The predicted molar refractivity (Wildman–Crippen MR) is 147 cm³/mol. The third kappa shape index (κ3) is 5.75. The highest BCUT2D eigenvalue weighted by molar-refractivity contribution is 5.94. The van der Waals surface area contributed by atoms with Crippen LogP contribution in [-0.4, -0.2) is 26.9 Å². The molecule has 0 aliphatic rings. The molecule has 0 aliphatic heterocycles. The minimum absolute atomic E-state index is 0.0553. The predicted octanol–water partition coefficient (Wildman–Crippen LogP) is 7.41. The normalized spacial score (nSPS) is 12.5. The molecule has 0 fully saturated rings. The maximum atomic E-state index is 13.9. The summed E-state index contributed by atoms with van der Waals surface area (Å²) in [7, 11) is 0. The van der Waals surface area contributed by atoms with Crippen LogP contribution in [0.2, 0.25) is 0 Å². The van der Waals surface area contributed by atoms with Gasteiger partial charge in [-0.05, 0) is 80.3 Å². The van der Waals surface area contributed by atoms with Gasteiger partial charge in [0.15, 0.2) is 0 Å². The van der Waals surface area contributed by atoms with Gasteiger partial charge in [0, 0.05) is 12.1 Å². The average Bonchev–Trinajstić information content (AvgIpc) is 2.92. The number of halogens is 3. The summed E-state index contributed by atoms with van der Waals surface area (Å²) in [5.74, 6) is -0.156. The summed E-state index contributed by atoms with van der Waals surface area (Å²) in [5.41, 5.74) is 1.98. The van der Waals surface area contributed by atoms with E-state index in [0.29, 0.717) is 41.8 Å². The Labute approximate surface area is 225 Å². The third-order valence-corrected chi connectivity index (χ3v) is 7.06. The van der Waals surface area contributed by atoms with Crippen molar-refractivity contribution in [3.8, 4) is 5.69 Å². The van der Waals surface area contributed by atoms with E-state index >= 15 is 0 Å². The number of fused-ring (bicyclic) bond motifs is 1. The Bertz CT molecular complexity index is 1560. The summed E-state index contributed by atoms with van der Waals surface area (Å²) in [4.78, 5) is 34.2. The molecule has 39 heavy (non-hydrogen) atoms. The lowest BCUT2D eigenvalue weighted by Crippen LogP contribution is -2.39.